The summed E-state index contributed by atoms with van der Waals surface area (Å²) in [5.74, 6) is 0.819. The highest BCUT2D eigenvalue weighted by Gasteiger charge is 2.10. The van der Waals surface area contributed by atoms with Crippen LogP contribution in [-0.2, 0) is 12.8 Å². The molecule has 0 fully saturated rings. The molecule has 18 heavy (non-hydrogen) atoms. The molecule has 0 amide bonds. The first-order chi connectivity index (χ1) is 8.92. The zero-order valence-electron chi connectivity index (χ0n) is 10.3. The van der Waals surface area contributed by atoms with Crippen LogP contribution < -0.4 is 0 Å². The lowest BCUT2D eigenvalue weighted by molar-refractivity contribution is 0.661. The molecule has 0 bridgehead atoms. The molecular formula is C16H16N2. The van der Waals surface area contributed by atoms with Gasteiger partial charge >= 0.3 is 0 Å². The molecule has 0 saturated heterocycles. The standard InChI is InChI=1S/C16H16N2/c1-2-6-13(7-3-1)10-11-16-17-12-14-8-4-5-9-15(14)18-16/h1-3,6-7,10-12H,4-5,8-9H2. The predicted octanol–water partition coefficient (Wildman–Crippen LogP) is 3.53. The number of benzene rings is 1. The van der Waals surface area contributed by atoms with Gasteiger partial charge < -0.3 is 0 Å². The van der Waals surface area contributed by atoms with Gasteiger partial charge in [-0.25, -0.2) is 9.97 Å². The number of fused-ring (bicyclic) bond motifs is 1. The highest BCUT2D eigenvalue weighted by atomic mass is 14.9. The van der Waals surface area contributed by atoms with Crippen LogP contribution in [0.15, 0.2) is 36.5 Å². The van der Waals surface area contributed by atoms with Crippen LogP contribution in [0.5, 0.6) is 0 Å². The molecule has 0 aliphatic heterocycles. The van der Waals surface area contributed by atoms with Crippen molar-refractivity contribution in [1.82, 2.24) is 9.97 Å². The van der Waals surface area contributed by atoms with E-state index >= 15 is 0 Å². The van der Waals surface area contributed by atoms with Gasteiger partial charge in [0, 0.05) is 11.9 Å². The lowest BCUT2D eigenvalue weighted by atomic mass is 9.97. The van der Waals surface area contributed by atoms with Crippen LogP contribution in [0.3, 0.4) is 0 Å². The van der Waals surface area contributed by atoms with Crippen molar-refractivity contribution in [2.24, 2.45) is 0 Å². The summed E-state index contributed by atoms with van der Waals surface area (Å²) >= 11 is 0. The maximum atomic E-state index is 4.63. The van der Waals surface area contributed by atoms with E-state index < -0.39 is 0 Å². The predicted molar refractivity (Wildman–Crippen MR) is 74.0 cm³/mol. The van der Waals surface area contributed by atoms with Crippen LogP contribution in [0.1, 0.15) is 35.5 Å². The number of hydrogen-bond donors (Lipinski definition) is 0. The highest BCUT2D eigenvalue weighted by Crippen LogP contribution is 2.18. The van der Waals surface area contributed by atoms with E-state index in [2.05, 4.69) is 28.2 Å². The molecule has 0 radical (unpaired) electrons. The quantitative estimate of drug-likeness (QED) is 0.797. The summed E-state index contributed by atoms with van der Waals surface area (Å²) < 4.78 is 0. The van der Waals surface area contributed by atoms with Crippen molar-refractivity contribution in [3.8, 4) is 0 Å². The molecule has 2 heteroatoms. The zero-order chi connectivity index (χ0) is 12.2. The number of nitrogens with zero attached hydrogens (tertiary/aromatic N) is 2. The minimum absolute atomic E-state index is 0.819. The smallest absolute Gasteiger partial charge is 0.152 e. The Morgan fingerprint density at radius 2 is 1.78 bits per heavy atom. The Morgan fingerprint density at radius 1 is 0.944 bits per heavy atom. The van der Waals surface area contributed by atoms with Gasteiger partial charge in [-0.2, -0.15) is 0 Å². The molecule has 1 heterocycles. The normalized spacial score (nSPS) is 14.7. The Balaban J connectivity index is 1.83. The van der Waals surface area contributed by atoms with Gasteiger partial charge in [-0.3, -0.25) is 0 Å². The van der Waals surface area contributed by atoms with Crippen LogP contribution in [0.2, 0.25) is 0 Å². The minimum Gasteiger partial charge on any atom is -0.237 e. The van der Waals surface area contributed by atoms with Gasteiger partial charge in [0.1, 0.15) is 0 Å². The van der Waals surface area contributed by atoms with Crippen molar-refractivity contribution in [2.75, 3.05) is 0 Å². The second-order valence-electron chi connectivity index (χ2n) is 4.65. The molecule has 2 aromatic rings. The molecule has 1 aliphatic carbocycles. The van der Waals surface area contributed by atoms with Crippen molar-refractivity contribution >= 4 is 12.2 Å². The monoisotopic (exact) mass is 236 g/mol. The van der Waals surface area contributed by atoms with Gasteiger partial charge in [-0.05, 0) is 42.9 Å². The summed E-state index contributed by atoms with van der Waals surface area (Å²) in [4.78, 5) is 9.04. The van der Waals surface area contributed by atoms with E-state index in [1.165, 1.54) is 29.7 Å². The van der Waals surface area contributed by atoms with Gasteiger partial charge in [-0.15, -0.1) is 0 Å². The summed E-state index contributed by atoms with van der Waals surface area (Å²) in [6.07, 6.45) is 10.8. The third kappa shape index (κ3) is 2.48. The Hall–Kier alpha value is -1.96. The number of rotatable bonds is 2. The van der Waals surface area contributed by atoms with Gasteiger partial charge in [0.15, 0.2) is 5.82 Å². The molecule has 90 valence electrons. The maximum absolute atomic E-state index is 4.63. The first kappa shape index (κ1) is 11.1. The van der Waals surface area contributed by atoms with Crippen LogP contribution >= 0.6 is 0 Å². The van der Waals surface area contributed by atoms with Gasteiger partial charge in [0.2, 0.25) is 0 Å². The number of aryl methyl sites for hydroxylation is 2. The summed E-state index contributed by atoms with van der Waals surface area (Å²) in [5, 5.41) is 0. The fourth-order valence-electron chi connectivity index (χ4n) is 2.31. The summed E-state index contributed by atoms with van der Waals surface area (Å²) in [6.45, 7) is 0. The van der Waals surface area contributed by atoms with Crippen molar-refractivity contribution in [1.29, 1.82) is 0 Å². The molecular weight excluding hydrogens is 220 g/mol. The van der Waals surface area contributed by atoms with Gasteiger partial charge in [0.25, 0.3) is 0 Å². The SMILES string of the molecule is C(=Cc1ncc2c(n1)CCCC2)c1ccccc1. The topological polar surface area (TPSA) is 25.8 Å². The summed E-state index contributed by atoms with van der Waals surface area (Å²) in [6, 6.07) is 10.2. The Morgan fingerprint density at radius 3 is 2.67 bits per heavy atom. The third-order valence-corrected chi connectivity index (χ3v) is 3.31. The number of aromatic nitrogens is 2. The first-order valence-corrected chi connectivity index (χ1v) is 6.50. The largest absolute Gasteiger partial charge is 0.237 e. The van der Waals surface area contributed by atoms with E-state index in [1.54, 1.807) is 0 Å². The van der Waals surface area contributed by atoms with E-state index in [1.807, 2.05) is 30.5 Å². The fourth-order valence-corrected chi connectivity index (χ4v) is 2.31. The summed E-state index contributed by atoms with van der Waals surface area (Å²) in [5.41, 5.74) is 3.75. The average Bonchev–Trinajstić information content (AvgIpc) is 2.46. The Labute approximate surface area is 107 Å². The molecule has 0 N–H and O–H groups in total. The number of hydrogen-bond acceptors (Lipinski definition) is 2. The van der Waals surface area contributed by atoms with E-state index in [0.29, 0.717) is 0 Å². The van der Waals surface area contributed by atoms with Crippen molar-refractivity contribution < 1.29 is 0 Å². The first-order valence-electron chi connectivity index (χ1n) is 6.50. The summed E-state index contributed by atoms with van der Waals surface area (Å²) in [7, 11) is 0. The molecule has 3 rings (SSSR count). The molecule has 0 spiro atoms. The third-order valence-electron chi connectivity index (χ3n) is 3.31. The second-order valence-corrected chi connectivity index (χ2v) is 4.65. The lowest BCUT2D eigenvalue weighted by Crippen LogP contribution is -2.07. The average molecular weight is 236 g/mol. The highest BCUT2D eigenvalue weighted by molar-refractivity contribution is 5.66. The molecule has 0 saturated carbocycles. The van der Waals surface area contributed by atoms with Crippen molar-refractivity contribution in [3.63, 3.8) is 0 Å². The molecule has 0 unspecified atom stereocenters. The van der Waals surface area contributed by atoms with Crippen LogP contribution in [0.25, 0.3) is 12.2 Å². The van der Waals surface area contributed by atoms with E-state index in [0.717, 1.165) is 18.7 Å². The maximum Gasteiger partial charge on any atom is 0.152 e. The Bertz CT molecular complexity index is 559. The molecule has 0 atom stereocenters. The van der Waals surface area contributed by atoms with Gasteiger partial charge in [-0.1, -0.05) is 36.4 Å². The van der Waals surface area contributed by atoms with Gasteiger partial charge in [0.05, 0.1) is 0 Å². The van der Waals surface area contributed by atoms with Crippen LogP contribution in [-0.4, -0.2) is 9.97 Å². The minimum atomic E-state index is 0.819. The molecule has 2 nitrogen and oxygen atoms in total. The van der Waals surface area contributed by atoms with Crippen LogP contribution in [0, 0.1) is 0 Å². The van der Waals surface area contributed by atoms with E-state index in [9.17, 15) is 0 Å². The second kappa shape index (κ2) is 5.13. The van der Waals surface area contributed by atoms with Crippen molar-refractivity contribution in [3.05, 3.63) is 59.2 Å². The van der Waals surface area contributed by atoms with Crippen LogP contribution in [0.4, 0.5) is 0 Å². The van der Waals surface area contributed by atoms with Crippen molar-refractivity contribution in [2.45, 2.75) is 25.7 Å². The van der Waals surface area contributed by atoms with E-state index in [-0.39, 0.29) is 0 Å². The molecule has 1 aliphatic rings. The molecule has 1 aromatic carbocycles. The zero-order valence-corrected chi connectivity index (χ0v) is 10.3. The fraction of sp³-hybridized carbons (Fsp3) is 0.250. The lowest BCUT2D eigenvalue weighted by Gasteiger charge is -2.13. The Kier molecular flexibility index (Phi) is 3.18. The van der Waals surface area contributed by atoms with E-state index in [4.69, 9.17) is 0 Å². The molecule has 1 aromatic heterocycles.